The zero-order valence-corrected chi connectivity index (χ0v) is 17.9. The van der Waals surface area contributed by atoms with Crippen molar-refractivity contribution in [3.05, 3.63) is 45.7 Å². The average molecular weight is 421 g/mol. The molecule has 1 saturated carbocycles. The summed E-state index contributed by atoms with van der Waals surface area (Å²) < 4.78 is 12.2. The minimum absolute atomic E-state index is 0.0469. The maximum atomic E-state index is 10.1. The standard InChI is InChI=1S/C24H33ClO4/c25-23-10-7-17(24-14-19(27)13-22(15-26)29-24)12-18(23)11-16-5-8-21(9-6-16)28-20-3-1-2-4-20/h5,8,12,19-20,22,24,26-27H,1-4,6-7,9-11,13-15H2/t19?,22-,24+/m0/s1. The van der Waals surface area contributed by atoms with E-state index >= 15 is 0 Å². The summed E-state index contributed by atoms with van der Waals surface area (Å²) in [4.78, 5) is 0. The highest BCUT2D eigenvalue weighted by molar-refractivity contribution is 6.30. The molecule has 0 aromatic heterocycles. The summed E-state index contributed by atoms with van der Waals surface area (Å²) in [5.41, 5.74) is 3.74. The van der Waals surface area contributed by atoms with Crippen LogP contribution in [0.1, 0.15) is 70.6 Å². The number of hydrogen-bond acceptors (Lipinski definition) is 4. The minimum Gasteiger partial charge on any atom is -0.495 e. The second kappa shape index (κ2) is 9.82. The second-order valence-corrected chi connectivity index (χ2v) is 9.32. The number of ether oxygens (including phenoxy) is 2. The van der Waals surface area contributed by atoms with Gasteiger partial charge in [0.1, 0.15) is 0 Å². The van der Waals surface area contributed by atoms with Crippen LogP contribution >= 0.6 is 11.6 Å². The van der Waals surface area contributed by atoms with Gasteiger partial charge in [0, 0.05) is 24.3 Å². The van der Waals surface area contributed by atoms with Crippen LogP contribution in [0.5, 0.6) is 0 Å². The number of aliphatic hydroxyl groups is 2. The van der Waals surface area contributed by atoms with Crippen molar-refractivity contribution in [1.29, 1.82) is 0 Å². The highest BCUT2D eigenvalue weighted by Crippen LogP contribution is 2.37. The second-order valence-electron chi connectivity index (χ2n) is 8.86. The largest absolute Gasteiger partial charge is 0.495 e. The highest BCUT2D eigenvalue weighted by atomic mass is 35.5. The van der Waals surface area contributed by atoms with Crippen LogP contribution < -0.4 is 0 Å². The number of halogens is 1. The third-order valence-electron chi connectivity index (χ3n) is 6.57. The van der Waals surface area contributed by atoms with Crippen molar-refractivity contribution in [3.8, 4) is 0 Å². The molecule has 1 heterocycles. The maximum Gasteiger partial charge on any atom is 0.0982 e. The Morgan fingerprint density at radius 2 is 1.90 bits per heavy atom. The van der Waals surface area contributed by atoms with Crippen LogP contribution in [-0.4, -0.2) is 41.2 Å². The summed E-state index contributed by atoms with van der Waals surface area (Å²) in [7, 11) is 0. The molecule has 1 aliphatic heterocycles. The summed E-state index contributed by atoms with van der Waals surface area (Å²) in [6.45, 7) is -0.0469. The van der Waals surface area contributed by atoms with Crippen LogP contribution in [0, 0.1) is 0 Å². The van der Waals surface area contributed by atoms with Gasteiger partial charge in [0.25, 0.3) is 0 Å². The Morgan fingerprint density at radius 1 is 1.07 bits per heavy atom. The molecule has 0 spiro atoms. The Balaban J connectivity index is 1.40. The lowest BCUT2D eigenvalue weighted by atomic mass is 9.87. The fraction of sp³-hybridized carbons (Fsp3) is 0.667. The first-order chi connectivity index (χ1) is 14.1. The molecule has 4 aliphatic rings. The smallest absolute Gasteiger partial charge is 0.0982 e. The van der Waals surface area contributed by atoms with Gasteiger partial charge in [-0.15, -0.1) is 0 Å². The van der Waals surface area contributed by atoms with Crippen molar-refractivity contribution < 1.29 is 19.7 Å². The van der Waals surface area contributed by atoms with Crippen molar-refractivity contribution in [1.82, 2.24) is 0 Å². The van der Waals surface area contributed by atoms with Gasteiger partial charge in [-0.05, 0) is 68.6 Å². The first kappa shape index (κ1) is 21.2. The van der Waals surface area contributed by atoms with Crippen LogP contribution in [0.3, 0.4) is 0 Å². The molecule has 3 atom stereocenters. The molecule has 1 saturated heterocycles. The van der Waals surface area contributed by atoms with Gasteiger partial charge in [-0.1, -0.05) is 29.3 Å². The Kier molecular flexibility index (Phi) is 7.17. The molecule has 2 fully saturated rings. The van der Waals surface area contributed by atoms with Gasteiger partial charge in [-0.2, -0.15) is 0 Å². The van der Waals surface area contributed by atoms with Gasteiger partial charge in [0.15, 0.2) is 0 Å². The van der Waals surface area contributed by atoms with E-state index < -0.39 is 6.10 Å². The van der Waals surface area contributed by atoms with Crippen LogP contribution in [-0.2, 0) is 9.47 Å². The predicted molar refractivity (Wildman–Crippen MR) is 115 cm³/mol. The van der Waals surface area contributed by atoms with E-state index in [2.05, 4.69) is 18.2 Å². The van der Waals surface area contributed by atoms with Gasteiger partial charge in [0.2, 0.25) is 0 Å². The molecule has 0 aromatic carbocycles. The normalized spacial score (nSPS) is 31.4. The molecule has 0 radical (unpaired) electrons. The van der Waals surface area contributed by atoms with Gasteiger partial charge < -0.3 is 19.7 Å². The van der Waals surface area contributed by atoms with E-state index in [1.807, 2.05) is 0 Å². The Labute approximate surface area is 178 Å². The molecule has 4 rings (SSSR count). The molecular formula is C24H33ClO4. The van der Waals surface area contributed by atoms with E-state index in [1.54, 1.807) is 0 Å². The molecular weight excluding hydrogens is 388 g/mol. The summed E-state index contributed by atoms with van der Waals surface area (Å²) in [5, 5.41) is 20.5. The molecule has 2 N–H and O–H groups in total. The van der Waals surface area contributed by atoms with Gasteiger partial charge in [0.05, 0.1) is 36.8 Å². The number of rotatable bonds is 6. The molecule has 0 amide bonds. The van der Waals surface area contributed by atoms with Crippen molar-refractivity contribution in [2.75, 3.05) is 6.61 Å². The summed E-state index contributed by atoms with van der Waals surface area (Å²) >= 11 is 6.57. The van der Waals surface area contributed by atoms with Crippen LogP contribution in [0.15, 0.2) is 45.7 Å². The van der Waals surface area contributed by atoms with E-state index in [0.717, 1.165) is 48.5 Å². The lowest BCUT2D eigenvalue weighted by molar-refractivity contribution is -0.0984. The first-order valence-corrected chi connectivity index (χ1v) is 11.6. The fourth-order valence-corrected chi connectivity index (χ4v) is 5.12. The average Bonchev–Trinajstić information content (AvgIpc) is 3.23. The van der Waals surface area contributed by atoms with E-state index in [4.69, 9.17) is 21.1 Å². The molecule has 1 unspecified atom stereocenters. The van der Waals surface area contributed by atoms with E-state index in [-0.39, 0.29) is 18.8 Å². The summed E-state index contributed by atoms with van der Waals surface area (Å²) in [6, 6.07) is 0. The van der Waals surface area contributed by atoms with E-state index in [1.165, 1.54) is 36.8 Å². The Hall–Kier alpha value is -1.07. The van der Waals surface area contributed by atoms with Gasteiger partial charge in [-0.25, -0.2) is 0 Å². The lowest BCUT2D eigenvalue weighted by Gasteiger charge is -2.35. The molecule has 5 heteroatoms. The van der Waals surface area contributed by atoms with Gasteiger partial charge in [-0.3, -0.25) is 0 Å². The fourth-order valence-electron chi connectivity index (χ4n) is 4.91. The predicted octanol–water partition coefficient (Wildman–Crippen LogP) is 5.05. The first-order valence-electron chi connectivity index (χ1n) is 11.2. The summed E-state index contributed by atoms with van der Waals surface area (Å²) in [6.07, 6.45) is 16.7. The Morgan fingerprint density at radius 3 is 2.62 bits per heavy atom. The third kappa shape index (κ3) is 5.55. The van der Waals surface area contributed by atoms with E-state index in [0.29, 0.717) is 18.9 Å². The van der Waals surface area contributed by atoms with Crippen LogP contribution in [0.2, 0.25) is 0 Å². The number of aliphatic hydroxyl groups excluding tert-OH is 2. The Bertz CT molecular complexity index is 714. The number of hydrogen-bond donors (Lipinski definition) is 2. The quantitative estimate of drug-likeness (QED) is 0.631. The maximum absolute atomic E-state index is 10.1. The monoisotopic (exact) mass is 420 g/mol. The SMILES string of the molecule is OC[C@@H]1CC(O)C[C@H](C2=CC(CC3=CC=C(OC4CCCC4)CC3)=C(Cl)CC2)O1. The lowest BCUT2D eigenvalue weighted by Crippen LogP contribution is -2.38. The van der Waals surface area contributed by atoms with Crippen molar-refractivity contribution in [3.63, 3.8) is 0 Å². The molecule has 160 valence electrons. The topological polar surface area (TPSA) is 58.9 Å². The zero-order valence-electron chi connectivity index (χ0n) is 17.1. The van der Waals surface area contributed by atoms with E-state index in [9.17, 15) is 10.2 Å². The van der Waals surface area contributed by atoms with Crippen molar-refractivity contribution in [2.24, 2.45) is 0 Å². The van der Waals surface area contributed by atoms with Crippen LogP contribution in [0.25, 0.3) is 0 Å². The third-order valence-corrected chi connectivity index (χ3v) is 7.00. The molecule has 4 nitrogen and oxygen atoms in total. The van der Waals surface area contributed by atoms with Crippen LogP contribution in [0.4, 0.5) is 0 Å². The molecule has 3 aliphatic carbocycles. The van der Waals surface area contributed by atoms with Crippen molar-refractivity contribution in [2.45, 2.75) is 95.0 Å². The number of allylic oxidation sites excluding steroid dienone is 7. The molecule has 29 heavy (non-hydrogen) atoms. The highest BCUT2D eigenvalue weighted by Gasteiger charge is 2.31. The zero-order chi connectivity index (χ0) is 20.2. The van der Waals surface area contributed by atoms with Gasteiger partial charge >= 0.3 is 0 Å². The molecule has 0 aromatic rings. The minimum atomic E-state index is -0.416. The summed E-state index contributed by atoms with van der Waals surface area (Å²) in [5.74, 6) is 1.13. The molecule has 0 bridgehead atoms. The van der Waals surface area contributed by atoms with Crippen molar-refractivity contribution >= 4 is 11.6 Å².